The van der Waals surface area contributed by atoms with E-state index in [1.807, 2.05) is 36.1 Å². The topological polar surface area (TPSA) is 90.9 Å². The zero-order valence-electron chi connectivity index (χ0n) is 14.1. The summed E-state index contributed by atoms with van der Waals surface area (Å²) in [6.07, 6.45) is 1.59. The molecule has 0 aliphatic heterocycles. The third kappa shape index (κ3) is 4.86. The molecular weight excluding hydrogens is 310 g/mol. The number of ether oxygens (including phenoxy) is 1. The van der Waals surface area contributed by atoms with Crippen molar-refractivity contribution in [2.45, 2.75) is 31.8 Å². The fourth-order valence-electron chi connectivity index (χ4n) is 2.92. The fourth-order valence-corrected chi connectivity index (χ4v) is 2.92. The number of benzene rings is 1. The second kappa shape index (κ2) is 8.54. The number of hydrogen-bond donors (Lipinski definition) is 3. The molecule has 0 spiro atoms. The number of hydrogen-bond acceptors (Lipinski definition) is 5. The number of carboxylic acid groups (broad SMARTS) is 1. The number of para-hydroxylation sites is 2. The van der Waals surface area contributed by atoms with Crippen LogP contribution in [0.5, 0.6) is 5.75 Å². The quantitative estimate of drug-likeness (QED) is 0.627. The highest BCUT2D eigenvalue weighted by molar-refractivity contribution is 5.81. The molecule has 0 aromatic heterocycles. The Kier molecular flexibility index (Phi) is 6.43. The minimum absolute atomic E-state index is 0.0528. The standard InChI is InChI=1S/C17H25N3O4/c1-3-20(11-17(22)23)13-8-12(9-13)19-16(21)10-18-14-6-4-5-7-15(14)24-2/h4-7,12-13,18H,3,8-11H2,1-2H3,(H,19,21)(H,22,23). The van der Waals surface area contributed by atoms with Crippen molar-refractivity contribution in [1.29, 1.82) is 0 Å². The monoisotopic (exact) mass is 335 g/mol. The van der Waals surface area contributed by atoms with Crippen LogP contribution in [0.3, 0.4) is 0 Å². The van der Waals surface area contributed by atoms with Gasteiger partial charge in [-0.15, -0.1) is 0 Å². The van der Waals surface area contributed by atoms with Gasteiger partial charge >= 0.3 is 5.97 Å². The van der Waals surface area contributed by atoms with Gasteiger partial charge in [0.05, 0.1) is 25.9 Å². The van der Waals surface area contributed by atoms with E-state index in [0.717, 1.165) is 18.5 Å². The molecule has 0 atom stereocenters. The molecule has 0 radical (unpaired) electrons. The molecule has 0 heterocycles. The van der Waals surface area contributed by atoms with Crippen molar-refractivity contribution in [3.8, 4) is 5.75 Å². The van der Waals surface area contributed by atoms with E-state index in [0.29, 0.717) is 12.3 Å². The molecule has 132 valence electrons. The van der Waals surface area contributed by atoms with Gasteiger partial charge < -0.3 is 20.5 Å². The zero-order valence-corrected chi connectivity index (χ0v) is 14.1. The molecule has 1 aliphatic rings. The predicted octanol–water partition coefficient (Wildman–Crippen LogP) is 1.16. The van der Waals surface area contributed by atoms with Crippen LogP contribution in [-0.2, 0) is 9.59 Å². The van der Waals surface area contributed by atoms with Gasteiger partial charge in [0.25, 0.3) is 0 Å². The molecule has 0 unspecified atom stereocenters. The maximum atomic E-state index is 12.0. The number of amides is 1. The summed E-state index contributed by atoms with van der Waals surface area (Å²) in [6.45, 7) is 2.88. The van der Waals surface area contributed by atoms with Gasteiger partial charge in [-0.25, -0.2) is 0 Å². The number of rotatable bonds is 9. The van der Waals surface area contributed by atoms with Gasteiger partial charge in [0.1, 0.15) is 5.75 Å². The Morgan fingerprint density at radius 1 is 1.33 bits per heavy atom. The van der Waals surface area contributed by atoms with E-state index in [2.05, 4.69) is 10.6 Å². The van der Waals surface area contributed by atoms with Crippen LogP contribution in [-0.4, -0.2) is 60.7 Å². The van der Waals surface area contributed by atoms with Gasteiger partial charge in [-0.1, -0.05) is 19.1 Å². The summed E-state index contributed by atoms with van der Waals surface area (Å²) in [6, 6.07) is 7.79. The summed E-state index contributed by atoms with van der Waals surface area (Å²) < 4.78 is 5.23. The molecule has 7 heteroatoms. The van der Waals surface area contributed by atoms with Crippen LogP contribution in [0.25, 0.3) is 0 Å². The number of likely N-dealkylation sites (N-methyl/N-ethyl adjacent to an activating group) is 1. The highest BCUT2D eigenvalue weighted by Crippen LogP contribution is 2.26. The second-order valence-electron chi connectivity index (χ2n) is 5.90. The first-order valence-electron chi connectivity index (χ1n) is 8.15. The SMILES string of the molecule is CCN(CC(=O)O)C1CC(NC(=O)CNc2ccccc2OC)C1. The Balaban J connectivity index is 1.72. The Morgan fingerprint density at radius 2 is 2.04 bits per heavy atom. The molecule has 24 heavy (non-hydrogen) atoms. The van der Waals surface area contributed by atoms with Crippen LogP contribution in [0.15, 0.2) is 24.3 Å². The first kappa shape index (κ1) is 18.1. The van der Waals surface area contributed by atoms with E-state index >= 15 is 0 Å². The van der Waals surface area contributed by atoms with E-state index < -0.39 is 5.97 Å². The molecule has 3 N–H and O–H groups in total. The minimum atomic E-state index is -0.814. The largest absolute Gasteiger partial charge is 0.495 e. The summed E-state index contributed by atoms with van der Waals surface area (Å²) in [5.74, 6) is -0.197. The van der Waals surface area contributed by atoms with Crippen LogP contribution in [0, 0.1) is 0 Å². The summed E-state index contributed by atoms with van der Waals surface area (Å²) in [5.41, 5.74) is 0.778. The molecule has 0 saturated heterocycles. The van der Waals surface area contributed by atoms with Crippen molar-refractivity contribution < 1.29 is 19.4 Å². The average molecular weight is 335 g/mol. The number of anilines is 1. The third-order valence-corrected chi connectivity index (χ3v) is 4.29. The molecule has 7 nitrogen and oxygen atoms in total. The lowest BCUT2D eigenvalue weighted by molar-refractivity contribution is -0.139. The number of methoxy groups -OCH3 is 1. The summed E-state index contributed by atoms with van der Waals surface area (Å²) in [7, 11) is 1.59. The van der Waals surface area contributed by atoms with Crippen molar-refractivity contribution in [3.63, 3.8) is 0 Å². The van der Waals surface area contributed by atoms with Gasteiger partial charge in [0.2, 0.25) is 5.91 Å². The lowest BCUT2D eigenvalue weighted by Gasteiger charge is -2.42. The number of nitrogens with one attached hydrogen (secondary N) is 2. The fraction of sp³-hybridized carbons (Fsp3) is 0.529. The first-order valence-corrected chi connectivity index (χ1v) is 8.15. The number of nitrogens with zero attached hydrogens (tertiary/aromatic N) is 1. The number of carbonyl (C=O) groups is 2. The van der Waals surface area contributed by atoms with Gasteiger partial charge in [0.15, 0.2) is 0 Å². The molecule has 2 rings (SSSR count). The Morgan fingerprint density at radius 3 is 2.67 bits per heavy atom. The number of carbonyl (C=O) groups excluding carboxylic acids is 1. The van der Waals surface area contributed by atoms with Crippen molar-refractivity contribution in [2.75, 3.05) is 32.1 Å². The number of aliphatic carboxylic acids is 1. The number of carboxylic acids is 1. The molecule has 0 bridgehead atoms. The second-order valence-corrected chi connectivity index (χ2v) is 5.90. The molecule has 1 aromatic carbocycles. The summed E-state index contributed by atoms with van der Waals surface area (Å²) in [4.78, 5) is 24.8. The smallest absolute Gasteiger partial charge is 0.317 e. The molecule has 1 aromatic rings. The minimum Gasteiger partial charge on any atom is -0.495 e. The van der Waals surface area contributed by atoms with Crippen molar-refractivity contribution in [3.05, 3.63) is 24.3 Å². The first-order chi connectivity index (χ1) is 11.5. The Labute approximate surface area is 142 Å². The lowest BCUT2D eigenvalue weighted by Crippen LogP contribution is -2.55. The van der Waals surface area contributed by atoms with E-state index in [1.165, 1.54) is 0 Å². The van der Waals surface area contributed by atoms with Gasteiger partial charge in [-0.2, -0.15) is 0 Å². The third-order valence-electron chi connectivity index (χ3n) is 4.29. The van der Waals surface area contributed by atoms with Crippen LogP contribution in [0.2, 0.25) is 0 Å². The summed E-state index contributed by atoms with van der Waals surface area (Å²) >= 11 is 0. The maximum Gasteiger partial charge on any atom is 0.317 e. The molecule has 1 aliphatic carbocycles. The maximum absolute atomic E-state index is 12.0. The molecule has 1 saturated carbocycles. The Hall–Kier alpha value is -2.28. The van der Waals surface area contributed by atoms with E-state index in [-0.39, 0.29) is 31.1 Å². The Bertz CT molecular complexity index is 573. The molecule has 1 amide bonds. The van der Waals surface area contributed by atoms with Crippen molar-refractivity contribution in [2.24, 2.45) is 0 Å². The van der Waals surface area contributed by atoms with E-state index in [1.54, 1.807) is 7.11 Å². The van der Waals surface area contributed by atoms with Crippen LogP contribution in [0.1, 0.15) is 19.8 Å². The van der Waals surface area contributed by atoms with Crippen LogP contribution >= 0.6 is 0 Å². The highest BCUT2D eigenvalue weighted by atomic mass is 16.5. The highest BCUT2D eigenvalue weighted by Gasteiger charge is 2.34. The van der Waals surface area contributed by atoms with Crippen LogP contribution in [0.4, 0.5) is 5.69 Å². The van der Waals surface area contributed by atoms with Gasteiger partial charge in [-0.05, 0) is 31.5 Å². The normalized spacial score (nSPS) is 19.5. The molecule has 1 fully saturated rings. The summed E-state index contributed by atoms with van der Waals surface area (Å²) in [5, 5.41) is 14.9. The van der Waals surface area contributed by atoms with Crippen molar-refractivity contribution in [1.82, 2.24) is 10.2 Å². The van der Waals surface area contributed by atoms with E-state index in [4.69, 9.17) is 9.84 Å². The van der Waals surface area contributed by atoms with E-state index in [9.17, 15) is 9.59 Å². The predicted molar refractivity (Wildman–Crippen MR) is 91.3 cm³/mol. The average Bonchev–Trinajstić information content (AvgIpc) is 2.54. The zero-order chi connectivity index (χ0) is 17.5. The molecular formula is C17H25N3O4. The van der Waals surface area contributed by atoms with Crippen molar-refractivity contribution >= 4 is 17.6 Å². The van der Waals surface area contributed by atoms with Crippen LogP contribution < -0.4 is 15.4 Å². The lowest BCUT2D eigenvalue weighted by atomic mass is 9.85. The van der Waals surface area contributed by atoms with Gasteiger partial charge in [-0.3, -0.25) is 14.5 Å². The van der Waals surface area contributed by atoms with Gasteiger partial charge in [0, 0.05) is 12.1 Å².